The molecular weight excluding hydrogens is 378 g/mol. The molecule has 1 aliphatic rings. The summed E-state index contributed by atoms with van der Waals surface area (Å²) in [7, 11) is 0. The van der Waals surface area contributed by atoms with E-state index in [2.05, 4.69) is 34.1 Å². The number of nitrogens with one attached hydrogen (secondary N) is 1. The summed E-state index contributed by atoms with van der Waals surface area (Å²) in [4.78, 5) is 26.4. The minimum Gasteiger partial charge on any atom is -0.450 e. The summed E-state index contributed by atoms with van der Waals surface area (Å²) in [6, 6.07) is 20.5. The zero-order chi connectivity index (χ0) is 20.9. The van der Waals surface area contributed by atoms with E-state index in [1.807, 2.05) is 36.4 Å². The van der Waals surface area contributed by atoms with Crippen molar-refractivity contribution in [2.45, 2.75) is 32.4 Å². The third-order valence-electron chi connectivity index (χ3n) is 5.57. The number of para-hydroxylation sites is 1. The molecule has 30 heavy (non-hydrogen) atoms. The first-order valence-electron chi connectivity index (χ1n) is 10.5. The molecule has 156 valence electrons. The predicted molar refractivity (Wildman–Crippen MR) is 117 cm³/mol. The molecule has 1 N–H and O–H groups in total. The number of carbonyl (C=O) groups excluding carboxylic acids is 2. The van der Waals surface area contributed by atoms with Gasteiger partial charge in [-0.2, -0.15) is 0 Å². The van der Waals surface area contributed by atoms with Crippen molar-refractivity contribution >= 4 is 22.9 Å². The van der Waals surface area contributed by atoms with Crippen LogP contribution in [-0.2, 0) is 16.1 Å². The number of ether oxygens (including phenoxy) is 1. The molecule has 0 atom stereocenters. The fraction of sp³-hybridized carbons (Fsp3) is 0.333. The molecule has 6 heteroatoms. The highest BCUT2D eigenvalue weighted by Crippen LogP contribution is 2.28. The first-order chi connectivity index (χ1) is 14.7. The number of benzene rings is 2. The summed E-state index contributed by atoms with van der Waals surface area (Å²) in [5.74, 6) is -0.0110. The van der Waals surface area contributed by atoms with E-state index >= 15 is 0 Å². The number of rotatable bonds is 5. The zero-order valence-corrected chi connectivity index (χ0v) is 17.2. The second-order valence-corrected chi connectivity index (χ2v) is 7.57. The van der Waals surface area contributed by atoms with E-state index in [0.29, 0.717) is 19.7 Å². The summed E-state index contributed by atoms with van der Waals surface area (Å²) in [5.41, 5.74) is 3.16. The molecule has 2 amide bonds. The Bertz CT molecular complexity index is 1020. The molecular formula is C24H27N3O3. The monoisotopic (exact) mass is 405 g/mol. The second kappa shape index (κ2) is 9.03. The van der Waals surface area contributed by atoms with Gasteiger partial charge in [0.2, 0.25) is 5.91 Å². The maximum absolute atomic E-state index is 12.9. The number of likely N-dealkylation sites (tertiary alicyclic amines) is 1. The summed E-state index contributed by atoms with van der Waals surface area (Å²) in [6.07, 6.45) is 1.21. The van der Waals surface area contributed by atoms with Crippen molar-refractivity contribution in [2.24, 2.45) is 0 Å². The Kier molecular flexibility index (Phi) is 6.02. The first kappa shape index (κ1) is 20.0. The van der Waals surface area contributed by atoms with E-state index in [0.717, 1.165) is 35.0 Å². The van der Waals surface area contributed by atoms with E-state index in [1.165, 1.54) is 0 Å². The van der Waals surface area contributed by atoms with Gasteiger partial charge in [-0.25, -0.2) is 4.79 Å². The molecule has 0 unspecified atom stereocenters. The maximum atomic E-state index is 12.9. The van der Waals surface area contributed by atoms with Crippen molar-refractivity contribution < 1.29 is 14.3 Å². The van der Waals surface area contributed by atoms with Gasteiger partial charge in [-0.3, -0.25) is 4.79 Å². The zero-order valence-electron chi connectivity index (χ0n) is 17.2. The molecule has 1 fully saturated rings. The van der Waals surface area contributed by atoms with Crippen molar-refractivity contribution in [1.82, 2.24) is 14.8 Å². The summed E-state index contributed by atoms with van der Waals surface area (Å²) >= 11 is 0. The van der Waals surface area contributed by atoms with Gasteiger partial charge in [0, 0.05) is 35.7 Å². The van der Waals surface area contributed by atoms with Crippen LogP contribution in [0.1, 0.15) is 19.8 Å². The number of hydrogen-bond acceptors (Lipinski definition) is 3. The Hall–Kier alpha value is -3.28. The number of amides is 2. The van der Waals surface area contributed by atoms with E-state index in [4.69, 9.17) is 4.74 Å². The van der Waals surface area contributed by atoms with Gasteiger partial charge in [-0.15, -0.1) is 0 Å². The van der Waals surface area contributed by atoms with Gasteiger partial charge >= 0.3 is 6.09 Å². The van der Waals surface area contributed by atoms with Gasteiger partial charge in [-0.05, 0) is 37.5 Å². The average Bonchev–Trinajstić information content (AvgIpc) is 3.13. The van der Waals surface area contributed by atoms with Gasteiger partial charge in [0.25, 0.3) is 0 Å². The van der Waals surface area contributed by atoms with E-state index in [-0.39, 0.29) is 24.6 Å². The molecule has 2 aromatic carbocycles. The van der Waals surface area contributed by atoms with Crippen LogP contribution in [0.4, 0.5) is 4.79 Å². The lowest BCUT2D eigenvalue weighted by molar-refractivity contribution is -0.122. The summed E-state index contributed by atoms with van der Waals surface area (Å²) in [6.45, 7) is 3.65. The number of hydrogen-bond donors (Lipinski definition) is 1. The maximum Gasteiger partial charge on any atom is 0.409 e. The van der Waals surface area contributed by atoms with Crippen LogP contribution in [0.25, 0.3) is 22.2 Å². The van der Waals surface area contributed by atoms with Crippen LogP contribution in [0, 0.1) is 0 Å². The second-order valence-electron chi connectivity index (χ2n) is 7.57. The molecule has 1 aliphatic heterocycles. The van der Waals surface area contributed by atoms with Crippen LogP contribution in [0.15, 0.2) is 60.7 Å². The van der Waals surface area contributed by atoms with Gasteiger partial charge in [0.1, 0.15) is 6.54 Å². The molecule has 1 saturated heterocycles. The molecule has 4 rings (SSSR count). The number of fused-ring (bicyclic) bond motifs is 1. The first-order valence-corrected chi connectivity index (χ1v) is 10.5. The van der Waals surface area contributed by atoms with Crippen molar-refractivity contribution in [3.8, 4) is 11.3 Å². The number of aromatic nitrogens is 1. The molecule has 2 heterocycles. The van der Waals surface area contributed by atoms with Crippen molar-refractivity contribution in [2.75, 3.05) is 19.7 Å². The standard InChI is InChI=1S/C24H27N3O3/c1-2-30-24(29)26-14-12-20(13-15-26)25-23(28)17-27-21-11-7-6-10-19(21)16-22(27)18-8-4-3-5-9-18/h3-11,16,20H,2,12-15,17H2,1H3,(H,25,28). The van der Waals surface area contributed by atoms with Crippen LogP contribution in [0.2, 0.25) is 0 Å². The Morgan fingerprint density at radius 1 is 1.03 bits per heavy atom. The highest BCUT2D eigenvalue weighted by Gasteiger charge is 2.25. The SMILES string of the molecule is CCOC(=O)N1CCC(NC(=O)Cn2c(-c3ccccc3)cc3ccccc32)CC1. The number of nitrogens with zero attached hydrogens (tertiary/aromatic N) is 2. The third-order valence-corrected chi connectivity index (χ3v) is 5.57. The minimum absolute atomic E-state index is 0.0110. The number of carbonyl (C=O) groups is 2. The lowest BCUT2D eigenvalue weighted by atomic mass is 10.1. The fourth-order valence-corrected chi connectivity index (χ4v) is 4.07. The Labute approximate surface area is 176 Å². The summed E-state index contributed by atoms with van der Waals surface area (Å²) in [5, 5.41) is 4.27. The molecule has 0 bridgehead atoms. The molecule has 0 saturated carbocycles. The van der Waals surface area contributed by atoms with Crippen LogP contribution >= 0.6 is 0 Å². The lowest BCUT2D eigenvalue weighted by Gasteiger charge is -2.31. The van der Waals surface area contributed by atoms with E-state index < -0.39 is 0 Å². The molecule has 0 spiro atoms. The van der Waals surface area contributed by atoms with Crippen LogP contribution < -0.4 is 5.32 Å². The van der Waals surface area contributed by atoms with Gasteiger partial charge in [0.05, 0.1) is 6.61 Å². The fourth-order valence-electron chi connectivity index (χ4n) is 4.07. The van der Waals surface area contributed by atoms with Crippen molar-refractivity contribution in [1.29, 1.82) is 0 Å². The Morgan fingerprint density at radius 2 is 1.73 bits per heavy atom. The molecule has 1 aromatic heterocycles. The van der Waals surface area contributed by atoms with Crippen molar-refractivity contribution in [3.05, 3.63) is 60.7 Å². The van der Waals surface area contributed by atoms with Crippen LogP contribution in [-0.4, -0.2) is 47.2 Å². The molecule has 0 radical (unpaired) electrons. The largest absolute Gasteiger partial charge is 0.450 e. The molecule has 3 aromatic rings. The van der Waals surface area contributed by atoms with Crippen molar-refractivity contribution in [3.63, 3.8) is 0 Å². The quantitative estimate of drug-likeness (QED) is 0.697. The van der Waals surface area contributed by atoms with Gasteiger partial charge < -0.3 is 19.5 Å². The van der Waals surface area contributed by atoms with Crippen LogP contribution in [0.3, 0.4) is 0 Å². The Balaban J connectivity index is 1.46. The highest BCUT2D eigenvalue weighted by molar-refractivity contribution is 5.89. The Morgan fingerprint density at radius 3 is 2.47 bits per heavy atom. The third kappa shape index (κ3) is 4.32. The normalized spacial score (nSPS) is 14.6. The highest BCUT2D eigenvalue weighted by atomic mass is 16.6. The van der Waals surface area contributed by atoms with Gasteiger partial charge in [-0.1, -0.05) is 48.5 Å². The van der Waals surface area contributed by atoms with E-state index in [9.17, 15) is 9.59 Å². The average molecular weight is 405 g/mol. The smallest absolute Gasteiger partial charge is 0.409 e. The van der Waals surface area contributed by atoms with Gasteiger partial charge in [0.15, 0.2) is 0 Å². The lowest BCUT2D eigenvalue weighted by Crippen LogP contribution is -2.47. The van der Waals surface area contributed by atoms with Crippen LogP contribution in [0.5, 0.6) is 0 Å². The minimum atomic E-state index is -0.270. The number of piperidine rings is 1. The molecule has 6 nitrogen and oxygen atoms in total. The topological polar surface area (TPSA) is 63.6 Å². The summed E-state index contributed by atoms with van der Waals surface area (Å²) < 4.78 is 7.14. The molecule has 0 aliphatic carbocycles. The van der Waals surface area contributed by atoms with E-state index in [1.54, 1.807) is 11.8 Å². The predicted octanol–water partition coefficient (Wildman–Crippen LogP) is 4.05.